The third kappa shape index (κ3) is 3.54. The van der Waals surface area contributed by atoms with Gasteiger partial charge >= 0.3 is 0 Å². The number of piperazine rings is 1. The van der Waals surface area contributed by atoms with Crippen molar-refractivity contribution in [2.75, 3.05) is 26.2 Å². The van der Waals surface area contributed by atoms with Crippen LogP contribution in [0.15, 0.2) is 53.9 Å². The smallest absolute Gasteiger partial charge is 0.272 e. The number of carbonyl (C=O) groups is 2. The summed E-state index contributed by atoms with van der Waals surface area (Å²) >= 11 is 1.73. The van der Waals surface area contributed by atoms with E-state index in [2.05, 4.69) is 16.5 Å². The number of aromatic nitrogens is 2. The summed E-state index contributed by atoms with van der Waals surface area (Å²) in [5.74, 6) is 0.731. The van der Waals surface area contributed by atoms with Gasteiger partial charge in [0, 0.05) is 55.5 Å². The average molecular weight is 421 g/mol. The first kappa shape index (κ1) is 19.1. The molecular weight excluding hydrogens is 396 g/mol. The molecule has 1 saturated heterocycles. The van der Waals surface area contributed by atoms with E-state index in [1.54, 1.807) is 23.1 Å². The minimum Gasteiger partial charge on any atom is -0.339 e. The summed E-state index contributed by atoms with van der Waals surface area (Å²) < 4.78 is 1.65. The number of thiophene rings is 1. The van der Waals surface area contributed by atoms with Crippen molar-refractivity contribution >= 4 is 23.2 Å². The SMILES string of the molecule is Cn1nc(-c2ccccc2)cc1C(=O)N1CCN(C(=O)[C@H]2C[C@H]2c2cccs2)CC1. The summed E-state index contributed by atoms with van der Waals surface area (Å²) in [5, 5.41) is 6.58. The fourth-order valence-corrected chi connectivity index (χ4v) is 5.14. The molecule has 1 aliphatic carbocycles. The first-order chi connectivity index (χ1) is 14.6. The second-order valence-electron chi connectivity index (χ2n) is 7.99. The predicted molar refractivity (Wildman–Crippen MR) is 116 cm³/mol. The highest BCUT2D eigenvalue weighted by Gasteiger charge is 2.46. The summed E-state index contributed by atoms with van der Waals surface area (Å²) in [4.78, 5) is 31.0. The maximum absolute atomic E-state index is 13.1. The lowest BCUT2D eigenvalue weighted by molar-refractivity contribution is -0.134. The highest BCUT2D eigenvalue weighted by Crippen LogP contribution is 2.50. The molecule has 1 saturated carbocycles. The van der Waals surface area contributed by atoms with Crippen LogP contribution in [0.2, 0.25) is 0 Å². The van der Waals surface area contributed by atoms with Gasteiger partial charge in [0.2, 0.25) is 5.91 Å². The molecule has 0 spiro atoms. The van der Waals surface area contributed by atoms with Gasteiger partial charge in [0.15, 0.2) is 0 Å². The molecule has 0 radical (unpaired) electrons. The van der Waals surface area contributed by atoms with Crippen LogP contribution in [0.4, 0.5) is 0 Å². The molecule has 1 aromatic carbocycles. The fourth-order valence-electron chi connectivity index (χ4n) is 4.23. The summed E-state index contributed by atoms with van der Waals surface area (Å²) in [5.41, 5.74) is 2.37. The highest BCUT2D eigenvalue weighted by atomic mass is 32.1. The van der Waals surface area contributed by atoms with Crippen molar-refractivity contribution in [3.63, 3.8) is 0 Å². The number of hydrogen-bond donors (Lipinski definition) is 0. The van der Waals surface area contributed by atoms with Crippen molar-refractivity contribution in [1.29, 1.82) is 0 Å². The minimum atomic E-state index is -0.0258. The zero-order valence-electron chi connectivity index (χ0n) is 16.9. The van der Waals surface area contributed by atoms with Crippen LogP contribution >= 0.6 is 11.3 Å². The molecule has 0 bridgehead atoms. The first-order valence-corrected chi connectivity index (χ1v) is 11.2. The van der Waals surface area contributed by atoms with Crippen LogP contribution in [-0.4, -0.2) is 57.6 Å². The molecule has 2 amide bonds. The number of amides is 2. The fraction of sp³-hybridized carbons (Fsp3) is 0.348. The number of aryl methyl sites for hydroxylation is 1. The Kier molecular flexibility index (Phi) is 4.90. The van der Waals surface area contributed by atoms with Crippen molar-refractivity contribution in [3.05, 3.63) is 64.5 Å². The molecule has 0 unspecified atom stereocenters. The molecule has 2 atom stereocenters. The Labute approximate surface area is 179 Å². The molecule has 2 aliphatic rings. The Morgan fingerprint density at radius 2 is 1.73 bits per heavy atom. The van der Waals surface area contributed by atoms with Crippen LogP contribution < -0.4 is 0 Å². The van der Waals surface area contributed by atoms with Crippen LogP contribution in [0, 0.1) is 5.92 Å². The molecule has 0 N–H and O–H groups in total. The van der Waals surface area contributed by atoms with Gasteiger partial charge in [-0.1, -0.05) is 36.4 Å². The Hall–Kier alpha value is -2.93. The van der Waals surface area contributed by atoms with E-state index in [0.29, 0.717) is 37.8 Å². The van der Waals surface area contributed by atoms with Gasteiger partial charge < -0.3 is 9.80 Å². The predicted octanol–water partition coefficient (Wildman–Crippen LogP) is 3.24. The first-order valence-electron chi connectivity index (χ1n) is 10.3. The summed E-state index contributed by atoms with van der Waals surface area (Å²) in [6, 6.07) is 15.9. The van der Waals surface area contributed by atoms with Gasteiger partial charge in [-0.25, -0.2) is 0 Å². The summed E-state index contributed by atoms with van der Waals surface area (Å²) in [6.07, 6.45) is 0.954. The lowest BCUT2D eigenvalue weighted by atomic mass is 10.1. The van der Waals surface area contributed by atoms with Gasteiger partial charge in [-0.2, -0.15) is 5.10 Å². The van der Waals surface area contributed by atoms with Crippen LogP contribution in [0.5, 0.6) is 0 Å². The molecular formula is C23H24N4O2S. The van der Waals surface area contributed by atoms with Crippen molar-refractivity contribution in [3.8, 4) is 11.3 Å². The number of benzene rings is 1. The second-order valence-corrected chi connectivity index (χ2v) is 8.97. The Bertz CT molecular complexity index is 1050. The van der Waals surface area contributed by atoms with E-state index < -0.39 is 0 Å². The molecule has 7 heteroatoms. The van der Waals surface area contributed by atoms with Crippen molar-refractivity contribution < 1.29 is 9.59 Å². The Balaban J connectivity index is 1.20. The highest BCUT2D eigenvalue weighted by molar-refractivity contribution is 7.10. The van der Waals surface area contributed by atoms with Crippen molar-refractivity contribution in [2.45, 2.75) is 12.3 Å². The van der Waals surface area contributed by atoms with Crippen molar-refractivity contribution in [2.24, 2.45) is 13.0 Å². The number of carbonyl (C=O) groups excluding carboxylic acids is 2. The van der Waals surface area contributed by atoms with E-state index in [9.17, 15) is 9.59 Å². The third-order valence-corrected chi connectivity index (χ3v) is 7.07. The van der Waals surface area contributed by atoms with E-state index in [1.807, 2.05) is 52.3 Å². The van der Waals surface area contributed by atoms with Crippen LogP contribution in [0.1, 0.15) is 27.7 Å². The third-order valence-electron chi connectivity index (χ3n) is 6.06. The number of hydrogen-bond acceptors (Lipinski definition) is 4. The second kappa shape index (κ2) is 7.72. The van der Waals surface area contributed by atoms with Gasteiger partial charge in [0.1, 0.15) is 5.69 Å². The van der Waals surface area contributed by atoms with E-state index >= 15 is 0 Å². The molecule has 1 aliphatic heterocycles. The Morgan fingerprint density at radius 1 is 1.00 bits per heavy atom. The van der Waals surface area contributed by atoms with Crippen LogP contribution in [0.3, 0.4) is 0 Å². The van der Waals surface area contributed by atoms with Gasteiger partial charge in [0.25, 0.3) is 5.91 Å². The maximum atomic E-state index is 13.1. The van der Waals surface area contributed by atoms with Gasteiger partial charge in [-0.05, 0) is 23.9 Å². The van der Waals surface area contributed by atoms with E-state index in [4.69, 9.17) is 0 Å². The normalized spacial score (nSPS) is 21.0. The van der Waals surface area contributed by atoms with Crippen molar-refractivity contribution in [1.82, 2.24) is 19.6 Å². The largest absolute Gasteiger partial charge is 0.339 e. The monoisotopic (exact) mass is 420 g/mol. The summed E-state index contributed by atoms with van der Waals surface area (Å²) in [7, 11) is 1.80. The van der Waals surface area contributed by atoms with Gasteiger partial charge in [0.05, 0.1) is 5.69 Å². The van der Waals surface area contributed by atoms with Crippen LogP contribution in [0.25, 0.3) is 11.3 Å². The molecule has 154 valence electrons. The molecule has 2 fully saturated rings. The number of nitrogens with zero attached hydrogens (tertiary/aromatic N) is 4. The van der Waals surface area contributed by atoms with Crippen LogP contribution in [-0.2, 0) is 11.8 Å². The van der Waals surface area contributed by atoms with E-state index in [-0.39, 0.29) is 17.7 Å². The molecule has 3 aromatic rings. The standard InChI is InChI=1S/C23H24N4O2S/c1-25-20(15-19(24-25)16-6-3-2-4-7-16)23(29)27-11-9-26(10-12-27)22(28)18-14-17(18)21-8-5-13-30-21/h2-8,13,15,17-18H,9-12,14H2,1H3/t17-,18+/m1/s1. The lowest BCUT2D eigenvalue weighted by Crippen LogP contribution is -2.51. The maximum Gasteiger partial charge on any atom is 0.272 e. The number of rotatable bonds is 4. The minimum absolute atomic E-state index is 0.0258. The molecule has 3 heterocycles. The zero-order valence-corrected chi connectivity index (χ0v) is 17.7. The lowest BCUT2D eigenvalue weighted by Gasteiger charge is -2.35. The average Bonchev–Trinajstić information content (AvgIpc) is 3.19. The van der Waals surface area contributed by atoms with Gasteiger partial charge in [-0.15, -0.1) is 11.3 Å². The topological polar surface area (TPSA) is 58.4 Å². The zero-order chi connectivity index (χ0) is 20.7. The molecule has 6 nitrogen and oxygen atoms in total. The van der Waals surface area contributed by atoms with E-state index in [1.165, 1.54) is 4.88 Å². The molecule has 5 rings (SSSR count). The quantitative estimate of drug-likeness (QED) is 0.651. The molecule has 30 heavy (non-hydrogen) atoms. The Morgan fingerprint density at radius 3 is 2.43 bits per heavy atom. The van der Waals surface area contributed by atoms with E-state index in [0.717, 1.165) is 17.7 Å². The summed E-state index contributed by atoms with van der Waals surface area (Å²) in [6.45, 7) is 2.32. The molecule has 2 aromatic heterocycles. The van der Waals surface area contributed by atoms with Gasteiger partial charge in [-0.3, -0.25) is 14.3 Å².